The number of imide groups is 2. The highest BCUT2D eigenvalue weighted by Crippen LogP contribution is 2.28. The van der Waals surface area contributed by atoms with Crippen LogP contribution in [-0.4, -0.2) is 65.1 Å². The van der Waals surface area contributed by atoms with Gasteiger partial charge < -0.3 is 5.32 Å². The predicted molar refractivity (Wildman–Crippen MR) is 100 cm³/mol. The SMILES string of the molecule is CC1CCN(Cc2ccc3c(c2)C(=O)N(C2CCC(=O)NC2=O)C3=O)CCN1. The van der Waals surface area contributed by atoms with E-state index >= 15 is 0 Å². The maximum Gasteiger partial charge on any atom is 0.262 e. The van der Waals surface area contributed by atoms with Crippen molar-refractivity contribution in [1.29, 1.82) is 0 Å². The Bertz CT molecular complexity index is 853. The minimum absolute atomic E-state index is 0.122. The van der Waals surface area contributed by atoms with Crippen molar-refractivity contribution in [3.63, 3.8) is 0 Å². The van der Waals surface area contributed by atoms with Gasteiger partial charge in [-0.2, -0.15) is 0 Å². The van der Waals surface area contributed by atoms with Gasteiger partial charge in [0.1, 0.15) is 6.04 Å². The van der Waals surface area contributed by atoms with Crippen molar-refractivity contribution in [2.45, 2.75) is 44.8 Å². The molecule has 8 nitrogen and oxygen atoms in total. The second-order valence-electron chi connectivity index (χ2n) is 7.75. The summed E-state index contributed by atoms with van der Waals surface area (Å²) in [6.45, 7) is 5.71. The van der Waals surface area contributed by atoms with E-state index in [1.165, 1.54) is 0 Å². The third kappa shape index (κ3) is 3.45. The van der Waals surface area contributed by atoms with Gasteiger partial charge in [-0.3, -0.25) is 34.3 Å². The fourth-order valence-corrected chi connectivity index (χ4v) is 4.09. The second-order valence-corrected chi connectivity index (χ2v) is 7.75. The Morgan fingerprint density at radius 2 is 1.82 bits per heavy atom. The molecule has 148 valence electrons. The number of nitrogens with zero attached hydrogens (tertiary/aromatic N) is 2. The van der Waals surface area contributed by atoms with E-state index in [1.54, 1.807) is 12.1 Å². The van der Waals surface area contributed by atoms with E-state index in [0.29, 0.717) is 23.7 Å². The molecule has 0 radical (unpaired) electrons. The van der Waals surface area contributed by atoms with Crippen LogP contribution in [0.2, 0.25) is 0 Å². The number of fused-ring (bicyclic) bond motifs is 1. The molecule has 3 aliphatic rings. The lowest BCUT2D eigenvalue weighted by Crippen LogP contribution is -2.54. The number of carbonyl (C=O) groups excluding carboxylic acids is 4. The van der Waals surface area contributed by atoms with Crippen LogP contribution in [0.25, 0.3) is 0 Å². The normalized spacial score (nSPS) is 26.2. The Kier molecular flexibility index (Phi) is 4.99. The number of carbonyl (C=O) groups is 4. The first-order valence-corrected chi connectivity index (χ1v) is 9.74. The van der Waals surface area contributed by atoms with Crippen molar-refractivity contribution in [3.8, 4) is 0 Å². The summed E-state index contributed by atoms with van der Waals surface area (Å²) in [6, 6.07) is 4.89. The molecular formula is C20H24N4O4. The van der Waals surface area contributed by atoms with Gasteiger partial charge in [-0.25, -0.2) is 0 Å². The van der Waals surface area contributed by atoms with Gasteiger partial charge in [-0.1, -0.05) is 6.07 Å². The summed E-state index contributed by atoms with van der Waals surface area (Å²) in [4.78, 5) is 52.5. The van der Waals surface area contributed by atoms with Gasteiger partial charge >= 0.3 is 0 Å². The van der Waals surface area contributed by atoms with E-state index in [4.69, 9.17) is 0 Å². The lowest BCUT2D eigenvalue weighted by molar-refractivity contribution is -0.136. The fourth-order valence-electron chi connectivity index (χ4n) is 4.09. The van der Waals surface area contributed by atoms with Gasteiger partial charge in [-0.15, -0.1) is 0 Å². The number of rotatable bonds is 3. The molecule has 2 N–H and O–H groups in total. The second kappa shape index (κ2) is 7.44. The summed E-state index contributed by atoms with van der Waals surface area (Å²) in [5, 5.41) is 5.67. The third-order valence-corrected chi connectivity index (χ3v) is 5.71. The lowest BCUT2D eigenvalue weighted by atomic mass is 10.0. The summed E-state index contributed by atoms with van der Waals surface area (Å²) in [5.74, 6) is -1.88. The number of amides is 4. The molecule has 2 atom stereocenters. The van der Waals surface area contributed by atoms with E-state index in [1.807, 2.05) is 6.07 Å². The fraction of sp³-hybridized carbons (Fsp3) is 0.500. The Morgan fingerprint density at radius 1 is 1.04 bits per heavy atom. The van der Waals surface area contributed by atoms with Crippen LogP contribution < -0.4 is 10.6 Å². The summed E-state index contributed by atoms with van der Waals surface area (Å²) in [6.07, 6.45) is 1.35. The molecule has 4 rings (SSSR count). The molecule has 4 amide bonds. The minimum Gasteiger partial charge on any atom is -0.313 e. The van der Waals surface area contributed by atoms with Crippen LogP contribution in [0.3, 0.4) is 0 Å². The first-order valence-electron chi connectivity index (χ1n) is 9.74. The number of hydrogen-bond donors (Lipinski definition) is 2. The Labute approximate surface area is 163 Å². The highest BCUT2D eigenvalue weighted by molar-refractivity contribution is 6.23. The monoisotopic (exact) mass is 384 g/mol. The molecule has 0 spiro atoms. The molecule has 1 aromatic carbocycles. The number of hydrogen-bond acceptors (Lipinski definition) is 6. The van der Waals surface area contributed by atoms with Crippen LogP contribution in [0.1, 0.15) is 52.5 Å². The molecule has 0 aliphatic carbocycles. The van der Waals surface area contributed by atoms with E-state index in [0.717, 1.165) is 36.5 Å². The lowest BCUT2D eigenvalue weighted by Gasteiger charge is -2.27. The molecule has 2 fully saturated rings. The molecule has 0 aromatic heterocycles. The van der Waals surface area contributed by atoms with Crippen LogP contribution in [0.5, 0.6) is 0 Å². The topological polar surface area (TPSA) is 98.8 Å². The number of nitrogens with one attached hydrogen (secondary N) is 2. The van der Waals surface area contributed by atoms with Crippen molar-refractivity contribution in [2.24, 2.45) is 0 Å². The van der Waals surface area contributed by atoms with Gasteiger partial charge in [0.05, 0.1) is 11.1 Å². The first-order chi connectivity index (χ1) is 13.4. The summed E-state index contributed by atoms with van der Waals surface area (Å²) in [5.41, 5.74) is 1.64. The predicted octanol–water partition coefficient (Wildman–Crippen LogP) is 0.272. The number of benzene rings is 1. The van der Waals surface area contributed by atoms with E-state index in [2.05, 4.69) is 22.5 Å². The summed E-state index contributed by atoms with van der Waals surface area (Å²) in [7, 11) is 0. The molecule has 1 aromatic rings. The van der Waals surface area contributed by atoms with Crippen LogP contribution in [-0.2, 0) is 16.1 Å². The van der Waals surface area contributed by atoms with E-state index in [9.17, 15) is 19.2 Å². The van der Waals surface area contributed by atoms with Crippen molar-refractivity contribution < 1.29 is 19.2 Å². The van der Waals surface area contributed by atoms with Gasteiger partial charge in [-0.05, 0) is 37.5 Å². The van der Waals surface area contributed by atoms with Gasteiger partial charge in [0.15, 0.2) is 0 Å². The summed E-state index contributed by atoms with van der Waals surface area (Å²) >= 11 is 0. The molecule has 2 unspecified atom stereocenters. The molecule has 3 heterocycles. The number of piperidine rings is 1. The molecular weight excluding hydrogens is 360 g/mol. The van der Waals surface area contributed by atoms with Crippen LogP contribution in [0.15, 0.2) is 18.2 Å². The zero-order chi connectivity index (χ0) is 19.8. The van der Waals surface area contributed by atoms with Gasteiger partial charge in [0.25, 0.3) is 11.8 Å². The summed E-state index contributed by atoms with van der Waals surface area (Å²) < 4.78 is 0. The molecule has 2 saturated heterocycles. The van der Waals surface area contributed by atoms with Crippen molar-refractivity contribution in [1.82, 2.24) is 20.4 Å². The maximum atomic E-state index is 12.9. The van der Waals surface area contributed by atoms with E-state index in [-0.39, 0.29) is 18.7 Å². The molecule has 8 heteroatoms. The Balaban J connectivity index is 1.52. The van der Waals surface area contributed by atoms with Gasteiger partial charge in [0, 0.05) is 38.6 Å². The van der Waals surface area contributed by atoms with Crippen LogP contribution in [0, 0.1) is 0 Å². The Morgan fingerprint density at radius 3 is 2.61 bits per heavy atom. The zero-order valence-corrected chi connectivity index (χ0v) is 15.9. The highest BCUT2D eigenvalue weighted by atomic mass is 16.2. The Hall–Kier alpha value is -2.58. The average molecular weight is 384 g/mol. The quantitative estimate of drug-likeness (QED) is 0.726. The molecule has 0 bridgehead atoms. The molecule has 0 saturated carbocycles. The van der Waals surface area contributed by atoms with Crippen molar-refractivity contribution >= 4 is 23.6 Å². The third-order valence-electron chi connectivity index (χ3n) is 5.71. The van der Waals surface area contributed by atoms with Crippen LogP contribution in [0.4, 0.5) is 0 Å². The highest BCUT2D eigenvalue weighted by Gasteiger charge is 2.44. The standard InChI is InChI=1S/C20H24N4O4/c1-12-6-8-23(9-7-21-12)11-13-2-3-14-15(10-13)20(28)24(19(14)27)16-4-5-17(25)22-18(16)26/h2-3,10,12,16,21H,4-9,11H2,1H3,(H,22,25,26). The largest absolute Gasteiger partial charge is 0.313 e. The maximum absolute atomic E-state index is 12.9. The van der Waals surface area contributed by atoms with Crippen LogP contribution >= 0.6 is 0 Å². The van der Waals surface area contributed by atoms with Crippen molar-refractivity contribution in [2.75, 3.05) is 19.6 Å². The van der Waals surface area contributed by atoms with E-state index < -0.39 is 23.8 Å². The molecule has 3 aliphatic heterocycles. The zero-order valence-electron chi connectivity index (χ0n) is 15.9. The smallest absolute Gasteiger partial charge is 0.262 e. The van der Waals surface area contributed by atoms with Crippen molar-refractivity contribution in [3.05, 3.63) is 34.9 Å². The van der Waals surface area contributed by atoms with Gasteiger partial charge in [0.2, 0.25) is 11.8 Å². The molecule has 28 heavy (non-hydrogen) atoms. The first kappa shape index (κ1) is 18.8. The minimum atomic E-state index is -0.924. The average Bonchev–Trinajstić information content (AvgIpc) is 2.79.